The maximum atomic E-state index is 12.6. The molecule has 2 rings (SSSR count). The summed E-state index contributed by atoms with van der Waals surface area (Å²) in [6.45, 7) is 1.35. The van der Waals surface area contributed by atoms with E-state index in [1.807, 2.05) is 0 Å². The number of carbonyl (C=O) groups is 1. The van der Waals surface area contributed by atoms with E-state index in [1.54, 1.807) is 16.8 Å². The van der Waals surface area contributed by atoms with E-state index >= 15 is 0 Å². The molecule has 7 heteroatoms. The third kappa shape index (κ3) is 2.97. The molecular formula is C13H16F3N3O. The monoisotopic (exact) mass is 287 g/mol. The first-order valence-electron chi connectivity index (χ1n) is 6.24. The van der Waals surface area contributed by atoms with Crippen LogP contribution in [0, 0.1) is 0 Å². The Bertz CT molecular complexity index is 516. The van der Waals surface area contributed by atoms with E-state index in [0.717, 1.165) is 18.6 Å². The van der Waals surface area contributed by atoms with Crippen LogP contribution in [0.4, 0.5) is 24.5 Å². The van der Waals surface area contributed by atoms with Crippen LogP contribution in [0.3, 0.4) is 0 Å². The molecule has 4 nitrogen and oxygen atoms in total. The number of rotatable bonds is 1. The first-order valence-corrected chi connectivity index (χ1v) is 6.24. The Hall–Kier alpha value is -1.92. The lowest BCUT2D eigenvalue weighted by atomic mass is 10.1. The maximum Gasteiger partial charge on any atom is 0.416 e. The van der Waals surface area contributed by atoms with E-state index in [-0.39, 0.29) is 18.1 Å². The summed E-state index contributed by atoms with van der Waals surface area (Å²) in [6.07, 6.45) is -3.66. The Balaban J connectivity index is 2.27. The minimum atomic E-state index is -4.42. The summed E-state index contributed by atoms with van der Waals surface area (Å²) in [5, 5.41) is 0. The summed E-state index contributed by atoms with van der Waals surface area (Å²) >= 11 is 0. The van der Waals surface area contributed by atoms with Crippen LogP contribution >= 0.6 is 0 Å². The Morgan fingerprint density at radius 2 is 1.95 bits per heavy atom. The highest BCUT2D eigenvalue weighted by atomic mass is 19.4. The molecule has 1 fully saturated rings. The molecule has 20 heavy (non-hydrogen) atoms. The number of anilines is 2. The normalized spacial score (nSPS) is 17.3. The fourth-order valence-electron chi connectivity index (χ4n) is 2.21. The fraction of sp³-hybridized carbons (Fsp3) is 0.462. The van der Waals surface area contributed by atoms with Gasteiger partial charge in [-0.2, -0.15) is 13.2 Å². The maximum absolute atomic E-state index is 12.6. The molecule has 0 saturated carbocycles. The van der Waals surface area contributed by atoms with Crippen molar-refractivity contribution in [3.8, 4) is 0 Å². The highest BCUT2D eigenvalue weighted by Gasteiger charge is 2.31. The topological polar surface area (TPSA) is 49.6 Å². The second-order valence-corrected chi connectivity index (χ2v) is 4.86. The van der Waals surface area contributed by atoms with E-state index in [0.29, 0.717) is 18.8 Å². The summed E-state index contributed by atoms with van der Waals surface area (Å²) in [5.74, 6) is -0.0678. The Morgan fingerprint density at radius 3 is 2.55 bits per heavy atom. The van der Waals surface area contributed by atoms with Crippen molar-refractivity contribution in [2.24, 2.45) is 0 Å². The SMILES string of the molecule is CN1CCCN(c2ccc(C(F)(F)F)cc2N)CC1=O. The quantitative estimate of drug-likeness (QED) is 0.803. The molecule has 1 aliphatic rings. The number of hydrogen-bond acceptors (Lipinski definition) is 3. The standard InChI is InChI=1S/C13H16F3N3O/c1-18-5-2-6-19(8-12(18)20)11-4-3-9(7-10(11)17)13(14,15)16/h3-4,7H,2,5-6,8,17H2,1H3. The van der Waals surface area contributed by atoms with Crippen LogP contribution in [0.15, 0.2) is 18.2 Å². The van der Waals surface area contributed by atoms with Crippen LogP contribution in [0.2, 0.25) is 0 Å². The minimum Gasteiger partial charge on any atom is -0.397 e. The van der Waals surface area contributed by atoms with E-state index in [4.69, 9.17) is 5.73 Å². The van der Waals surface area contributed by atoms with Gasteiger partial charge < -0.3 is 15.5 Å². The molecule has 0 spiro atoms. The number of nitrogen functional groups attached to an aromatic ring is 1. The molecule has 0 aromatic heterocycles. The molecule has 110 valence electrons. The van der Waals surface area contributed by atoms with E-state index in [9.17, 15) is 18.0 Å². The number of likely N-dealkylation sites (N-methyl/N-ethyl adjacent to an activating group) is 1. The summed E-state index contributed by atoms with van der Waals surface area (Å²) in [4.78, 5) is 15.1. The van der Waals surface area contributed by atoms with Gasteiger partial charge in [0.1, 0.15) is 0 Å². The first-order chi connectivity index (χ1) is 9.29. The number of amides is 1. The molecule has 1 heterocycles. The van der Waals surface area contributed by atoms with Gasteiger partial charge in [0.25, 0.3) is 0 Å². The summed E-state index contributed by atoms with van der Waals surface area (Å²) in [6, 6.07) is 3.23. The second-order valence-electron chi connectivity index (χ2n) is 4.86. The zero-order chi connectivity index (χ0) is 14.9. The van der Waals surface area contributed by atoms with Crippen LogP contribution in [-0.2, 0) is 11.0 Å². The average molecular weight is 287 g/mol. The Labute approximate surface area is 114 Å². The molecule has 0 bridgehead atoms. The van der Waals surface area contributed by atoms with Crippen LogP contribution in [0.5, 0.6) is 0 Å². The van der Waals surface area contributed by atoms with Crippen molar-refractivity contribution >= 4 is 17.3 Å². The van der Waals surface area contributed by atoms with Gasteiger partial charge in [-0.05, 0) is 24.6 Å². The molecule has 1 aliphatic heterocycles. The fourth-order valence-corrected chi connectivity index (χ4v) is 2.21. The predicted molar refractivity (Wildman–Crippen MR) is 70.3 cm³/mol. The van der Waals surface area contributed by atoms with Crippen molar-refractivity contribution in [3.05, 3.63) is 23.8 Å². The number of carbonyl (C=O) groups excluding carboxylic acids is 1. The van der Waals surface area contributed by atoms with Gasteiger partial charge in [0, 0.05) is 20.1 Å². The lowest BCUT2D eigenvalue weighted by molar-refractivity contribution is -0.137. The third-order valence-corrected chi connectivity index (χ3v) is 3.37. The molecule has 0 unspecified atom stereocenters. The summed E-state index contributed by atoms with van der Waals surface area (Å²) in [5.41, 5.74) is 5.45. The largest absolute Gasteiger partial charge is 0.416 e. The van der Waals surface area contributed by atoms with Gasteiger partial charge in [0.15, 0.2) is 0 Å². The molecule has 1 amide bonds. The highest BCUT2D eigenvalue weighted by molar-refractivity contribution is 5.83. The van der Waals surface area contributed by atoms with Crippen molar-refractivity contribution in [1.82, 2.24) is 4.90 Å². The van der Waals surface area contributed by atoms with Gasteiger partial charge in [-0.3, -0.25) is 4.79 Å². The van der Waals surface area contributed by atoms with E-state index < -0.39 is 11.7 Å². The van der Waals surface area contributed by atoms with E-state index in [2.05, 4.69) is 0 Å². The lowest BCUT2D eigenvalue weighted by Gasteiger charge is -2.24. The van der Waals surface area contributed by atoms with Gasteiger partial charge in [0.2, 0.25) is 5.91 Å². The zero-order valence-corrected chi connectivity index (χ0v) is 11.1. The zero-order valence-electron chi connectivity index (χ0n) is 11.1. The summed E-state index contributed by atoms with van der Waals surface area (Å²) < 4.78 is 37.8. The molecule has 1 aromatic rings. The lowest BCUT2D eigenvalue weighted by Crippen LogP contribution is -2.34. The molecule has 2 N–H and O–H groups in total. The van der Waals surface area contributed by atoms with Crippen molar-refractivity contribution in [1.29, 1.82) is 0 Å². The Morgan fingerprint density at radius 1 is 1.25 bits per heavy atom. The van der Waals surface area contributed by atoms with Gasteiger partial charge in [0.05, 0.1) is 23.5 Å². The van der Waals surface area contributed by atoms with Crippen LogP contribution in [0.25, 0.3) is 0 Å². The average Bonchev–Trinajstić information content (AvgIpc) is 2.51. The van der Waals surface area contributed by atoms with Crippen molar-refractivity contribution in [2.45, 2.75) is 12.6 Å². The van der Waals surface area contributed by atoms with Gasteiger partial charge >= 0.3 is 6.18 Å². The van der Waals surface area contributed by atoms with Crippen molar-refractivity contribution in [3.63, 3.8) is 0 Å². The smallest absolute Gasteiger partial charge is 0.397 e. The number of nitrogens with zero attached hydrogens (tertiary/aromatic N) is 2. The number of hydrogen-bond donors (Lipinski definition) is 1. The molecule has 0 aliphatic carbocycles. The van der Waals surface area contributed by atoms with Crippen LogP contribution in [-0.4, -0.2) is 37.5 Å². The molecule has 0 atom stereocenters. The molecular weight excluding hydrogens is 271 g/mol. The number of nitrogens with two attached hydrogens (primary N) is 1. The van der Waals surface area contributed by atoms with Gasteiger partial charge in [-0.15, -0.1) is 0 Å². The second kappa shape index (κ2) is 5.22. The summed E-state index contributed by atoms with van der Waals surface area (Å²) in [7, 11) is 1.71. The number of benzene rings is 1. The molecule has 1 saturated heterocycles. The van der Waals surface area contributed by atoms with E-state index in [1.165, 1.54) is 6.07 Å². The van der Waals surface area contributed by atoms with Gasteiger partial charge in [-0.1, -0.05) is 0 Å². The molecule has 0 radical (unpaired) electrons. The number of alkyl halides is 3. The first kappa shape index (κ1) is 14.5. The minimum absolute atomic E-state index is 0.0391. The molecule has 1 aromatic carbocycles. The highest BCUT2D eigenvalue weighted by Crippen LogP contribution is 2.34. The van der Waals surface area contributed by atoms with Crippen LogP contribution < -0.4 is 10.6 Å². The van der Waals surface area contributed by atoms with Crippen molar-refractivity contribution < 1.29 is 18.0 Å². The van der Waals surface area contributed by atoms with Crippen molar-refractivity contribution in [2.75, 3.05) is 37.3 Å². The number of halogens is 3. The predicted octanol–water partition coefficient (Wildman–Crippen LogP) is 1.96. The van der Waals surface area contributed by atoms with Gasteiger partial charge in [-0.25, -0.2) is 0 Å². The third-order valence-electron chi connectivity index (χ3n) is 3.37. The Kier molecular flexibility index (Phi) is 3.78. The van der Waals surface area contributed by atoms with Crippen LogP contribution in [0.1, 0.15) is 12.0 Å².